The van der Waals surface area contributed by atoms with Crippen molar-refractivity contribution in [3.05, 3.63) is 17.0 Å². The lowest BCUT2D eigenvalue weighted by Crippen LogP contribution is -2.36. The Hall–Kier alpha value is -0.830. The first-order valence-electron chi connectivity index (χ1n) is 8.73. The van der Waals surface area contributed by atoms with Crippen molar-refractivity contribution in [1.82, 2.24) is 15.1 Å². The quantitative estimate of drug-likeness (QED) is 0.864. The van der Waals surface area contributed by atoms with E-state index in [1.807, 2.05) is 11.7 Å². The van der Waals surface area contributed by atoms with Crippen LogP contribution in [-0.2, 0) is 13.5 Å². The summed E-state index contributed by atoms with van der Waals surface area (Å²) in [4.78, 5) is 0. The summed E-state index contributed by atoms with van der Waals surface area (Å²) in [6, 6.07) is 0.668. The molecule has 120 valence electrons. The van der Waals surface area contributed by atoms with Crippen molar-refractivity contribution < 1.29 is 0 Å². The Morgan fingerprint density at radius 2 is 1.90 bits per heavy atom. The molecule has 1 aromatic rings. The second-order valence-electron chi connectivity index (χ2n) is 6.90. The van der Waals surface area contributed by atoms with Crippen LogP contribution in [0, 0.1) is 25.7 Å². The first kappa shape index (κ1) is 16.5. The van der Waals surface area contributed by atoms with Gasteiger partial charge in [-0.2, -0.15) is 5.10 Å². The van der Waals surface area contributed by atoms with Gasteiger partial charge in [0.1, 0.15) is 0 Å². The normalized spacial score (nSPS) is 24.2. The van der Waals surface area contributed by atoms with Crippen LogP contribution >= 0.6 is 0 Å². The molecule has 21 heavy (non-hydrogen) atoms. The van der Waals surface area contributed by atoms with E-state index >= 15 is 0 Å². The first-order chi connectivity index (χ1) is 10.1. The van der Waals surface area contributed by atoms with Crippen LogP contribution in [0.4, 0.5) is 0 Å². The second kappa shape index (κ2) is 7.44. The number of hydrogen-bond acceptors (Lipinski definition) is 2. The molecule has 1 N–H and O–H groups in total. The van der Waals surface area contributed by atoms with Gasteiger partial charge in [0.15, 0.2) is 0 Å². The van der Waals surface area contributed by atoms with E-state index in [-0.39, 0.29) is 0 Å². The van der Waals surface area contributed by atoms with Crippen LogP contribution in [0.1, 0.15) is 62.4 Å². The predicted octanol–water partition coefficient (Wildman–Crippen LogP) is 3.77. The Kier molecular flexibility index (Phi) is 5.86. The van der Waals surface area contributed by atoms with E-state index in [1.165, 1.54) is 55.5 Å². The number of aryl methyl sites for hydroxylation is 2. The summed E-state index contributed by atoms with van der Waals surface area (Å²) in [5.74, 6) is 1.86. The van der Waals surface area contributed by atoms with Gasteiger partial charge in [0.05, 0.1) is 5.69 Å². The monoisotopic (exact) mass is 291 g/mol. The van der Waals surface area contributed by atoms with Gasteiger partial charge in [0, 0.05) is 18.8 Å². The smallest absolute Gasteiger partial charge is 0.0628 e. The fourth-order valence-electron chi connectivity index (χ4n) is 4.09. The van der Waals surface area contributed by atoms with Crippen molar-refractivity contribution in [2.24, 2.45) is 18.9 Å². The molecule has 1 aliphatic carbocycles. The molecule has 1 fully saturated rings. The summed E-state index contributed by atoms with van der Waals surface area (Å²) >= 11 is 0. The maximum Gasteiger partial charge on any atom is 0.0628 e. The number of rotatable bonds is 6. The molecule has 3 heteroatoms. The molecule has 2 rings (SSSR count). The minimum atomic E-state index is 0.668. The predicted molar refractivity (Wildman–Crippen MR) is 89.6 cm³/mol. The van der Waals surface area contributed by atoms with E-state index in [9.17, 15) is 0 Å². The van der Waals surface area contributed by atoms with Crippen LogP contribution in [0.5, 0.6) is 0 Å². The minimum Gasteiger partial charge on any atom is -0.317 e. The molecule has 1 atom stereocenters. The average Bonchev–Trinajstić information content (AvgIpc) is 2.74. The van der Waals surface area contributed by atoms with Gasteiger partial charge >= 0.3 is 0 Å². The van der Waals surface area contributed by atoms with Gasteiger partial charge < -0.3 is 5.32 Å². The maximum atomic E-state index is 4.54. The molecule has 0 saturated heterocycles. The topological polar surface area (TPSA) is 29.9 Å². The highest BCUT2D eigenvalue weighted by atomic mass is 15.3. The summed E-state index contributed by atoms with van der Waals surface area (Å²) in [5, 5.41) is 8.14. The van der Waals surface area contributed by atoms with Crippen molar-refractivity contribution in [1.29, 1.82) is 0 Å². The van der Waals surface area contributed by atoms with Crippen LogP contribution in [-0.4, -0.2) is 22.9 Å². The van der Waals surface area contributed by atoms with Crippen LogP contribution in [0.25, 0.3) is 0 Å². The zero-order chi connectivity index (χ0) is 15.4. The van der Waals surface area contributed by atoms with Gasteiger partial charge in [-0.3, -0.25) is 4.68 Å². The summed E-state index contributed by atoms with van der Waals surface area (Å²) in [6.45, 7) is 6.67. The van der Waals surface area contributed by atoms with Crippen molar-refractivity contribution in [2.75, 3.05) is 7.05 Å². The van der Waals surface area contributed by atoms with E-state index in [0.29, 0.717) is 6.04 Å². The van der Waals surface area contributed by atoms with Gasteiger partial charge in [-0.1, -0.05) is 26.2 Å². The van der Waals surface area contributed by atoms with E-state index in [4.69, 9.17) is 0 Å². The standard InChI is InChI=1S/C18H33N3/c1-6-15-7-9-16(10-8-15)18(19-4)12-11-17-13(2)20-21(5)14(17)3/h15-16,18-19H,6-12H2,1-5H3. The Labute approximate surface area is 130 Å². The van der Waals surface area contributed by atoms with Gasteiger partial charge in [-0.15, -0.1) is 0 Å². The van der Waals surface area contributed by atoms with Gasteiger partial charge in [-0.05, 0) is 64.0 Å². The SMILES string of the molecule is CCC1CCC(C(CCc2c(C)nn(C)c2C)NC)CC1. The fraction of sp³-hybridized carbons (Fsp3) is 0.833. The minimum absolute atomic E-state index is 0.668. The van der Waals surface area contributed by atoms with E-state index in [2.05, 4.69) is 38.2 Å². The molecule has 0 spiro atoms. The summed E-state index contributed by atoms with van der Waals surface area (Å²) in [6.07, 6.45) is 9.46. The lowest BCUT2D eigenvalue weighted by atomic mass is 9.76. The third-order valence-corrected chi connectivity index (χ3v) is 5.77. The second-order valence-corrected chi connectivity index (χ2v) is 6.90. The summed E-state index contributed by atoms with van der Waals surface area (Å²) in [5.41, 5.74) is 4.00. The van der Waals surface area contributed by atoms with Crippen molar-refractivity contribution in [3.63, 3.8) is 0 Å². The zero-order valence-corrected chi connectivity index (χ0v) is 14.6. The molecular weight excluding hydrogens is 258 g/mol. The molecule has 1 heterocycles. The van der Waals surface area contributed by atoms with Gasteiger partial charge in [0.25, 0.3) is 0 Å². The molecular formula is C18H33N3. The van der Waals surface area contributed by atoms with Crippen LogP contribution in [0.15, 0.2) is 0 Å². The van der Waals surface area contributed by atoms with Crippen molar-refractivity contribution >= 4 is 0 Å². The Morgan fingerprint density at radius 3 is 2.38 bits per heavy atom. The third kappa shape index (κ3) is 3.88. The molecule has 3 nitrogen and oxygen atoms in total. The molecule has 0 radical (unpaired) electrons. The highest BCUT2D eigenvalue weighted by Crippen LogP contribution is 2.33. The number of hydrogen-bond donors (Lipinski definition) is 1. The average molecular weight is 291 g/mol. The largest absolute Gasteiger partial charge is 0.317 e. The number of nitrogens with zero attached hydrogens (tertiary/aromatic N) is 2. The Bertz CT molecular complexity index is 442. The first-order valence-corrected chi connectivity index (χ1v) is 8.73. The third-order valence-electron chi connectivity index (χ3n) is 5.77. The van der Waals surface area contributed by atoms with E-state index < -0.39 is 0 Å². The van der Waals surface area contributed by atoms with E-state index in [1.54, 1.807) is 0 Å². The van der Waals surface area contributed by atoms with Gasteiger partial charge in [-0.25, -0.2) is 0 Å². The Morgan fingerprint density at radius 1 is 1.24 bits per heavy atom. The highest BCUT2D eigenvalue weighted by molar-refractivity contribution is 5.24. The lowest BCUT2D eigenvalue weighted by molar-refractivity contribution is 0.216. The molecule has 1 saturated carbocycles. The van der Waals surface area contributed by atoms with Crippen LogP contribution in [0.2, 0.25) is 0 Å². The summed E-state index contributed by atoms with van der Waals surface area (Å²) < 4.78 is 2.02. The van der Waals surface area contributed by atoms with Crippen LogP contribution in [0.3, 0.4) is 0 Å². The fourth-order valence-corrected chi connectivity index (χ4v) is 4.09. The molecule has 0 amide bonds. The Balaban J connectivity index is 1.91. The molecule has 0 aliphatic heterocycles. The maximum absolute atomic E-state index is 4.54. The lowest BCUT2D eigenvalue weighted by Gasteiger charge is -2.33. The molecule has 0 aromatic carbocycles. The number of aromatic nitrogens is 2. The van der Waals surface area contributed by atoms with Gasteiger partial charge in [0.2, 0.25) is 0 Å². The zero-order valence-electron chi connectivity index (χ0n) is 14.6. The van der Waals surface area contributed by atoms with Crippen molar-refractivity contribution in [2.45, 2.75) is 71.8 Å². The number of nitrogens with one attached hydrogen (secondary N) is 1. The van der Waals surface area contributed by atoms with Crippen molar-refractivity contribution in [3.8, 4) is 0 Å². The molecule has 1 unspecified atom stereocenters. The summed E-state index contributed by atoms with van der Waals surface area (Å²) in [7, 11) is 4.19. The molecule has 1 aliphatic rings. The van der Waals surface area contributed by atoms with Crippen LogP contribution < -0.4 is 5.32 Å². The van der Waals surface area contributed by atoms with E-state index in [0.717, 1.165) is 18.3 Å². The molecule has 0 bridgehead atoms. The highest BCUT2D eigenvalue weighted by Gasteiger charge is 2.26. The molecule has 1 aromatic heterocycles.